The maximum atomic E-state index is 13.0. The Morgan fingerprint density at radius 3 is 2.57 bits per heavy atom. The van der Waals surface area contributed by atoms with E-state index in [1.54, 1.807) is 6.20 Å². The monoisotopic (exact) mass is 619 g/mol. The first kappa shape index (κ1) is 24.7. The minimum Gasteiger partial charge on any atom is -0.342 e. The van der Waals surface area contributed by atoms with Crippen LogP contribution in [0, 0.1) is 5.92 Å². The smallest absolute Gasteiger partial charge is 0.245 e. The molecule has 0 bridgehead atoms. The Bertz CT molecular complexity index is 1270. The quantitative estimate of drug-likeness (QED) is 0.333. The standard InChI is InChI=1S/C27H28Br2ClN3O2/c1-31-10-6-17(7-11-31)14-24(34)32-12-8-18(9-13-32)25-21-4-5-23(30)26(29)22(21)3-2-19-15-20(28)16-33(35)27(19)25/h4-7,10-11,15-16,18,25,35H,2-3,8-9,12-14H2,1H3/q+2/t25-/m0/s1. The molecule has 0 spiro atoms. The number of pyridine rings is 2. The fourth-order valence-corrected chi connectivity index (χ4v) is 6.82. The van der Waals surface area contributed by atoms with Gasteiger partial charge in [-0.3, -0.25) is 10.0 Å². The summed E-state index contributed by atoms with van der Waals surface area (Å²) >= 11 is 13.7. The van der Waals surface area contributed by atoms with Crippen LogP contribution in [0.3, 0.4) is 0 Å². The van der Waals surface area contributed by atoms with Crippen molar-refractivity contribution in [3.63, 3.8) is 0 Å². The van der Waals surface area contributed by atoms with Gasteiger partial charge in [0, 0.05) is 40.0 Å². The molecule has 5 rings (SSSR count). The number of hydrogen-bond acceptors (Lipinski definition) is 2. The Morgan fingerprint density at radius 2 is 1.86 bits per heavy atom. The second-order valence-corrected chi connectivity index (χ2v) is 11.7. The predicted molar refractivity (Wildman–Crippen MR) is 141 cm³/mol. The lowest BCUT2D eigenvalue weighted by Crippen LogP contribution is -2.44. The molecule has 1 aromatic carbocycles. The van der Waals surface area contributed by atoms with E-state index in [-0.39, 0.29) is 11.8 Å². The molecule has 8 heteroatoms. The third-order valence-corrected chi connectivity index (χ3v) is 9.29. The van der Waals surface area contributed by atoms with E-state index in [1.165, 1.54) is 15.9 Å². The molecule has 1 fully saturated rings. The summed E-state index contributed by atoms with van der Waals surface area (Å²) < 4.78 is 5.07. The lowest BCUT2D eigenvalue weighted by Gasteiger charge is -2.35. The van der Waals surface area contributed by atoms with Gasteiger partial charge in [0.15, 0.2) is 12.4 Å². The van der Waals surface area contributed by atoms with Crippen molar-refractivity contribution in [2.24, 2.45) is 13.0 Å². The highest BCUT2D eigenvalue weighted by atomic mass is 79.9. The summed E-state index contributed by atoms with van der Waals surface area (Å²) in [4.78, 5) is 15.0. The number of halogens is 3. The molecule has 0 unspecified atom stereocenters. The number of rotatable bonds is 3. The molecule has 2 aliphatic rings. The van der Waals surface area contributed by atoms with E-state index >= 15 is 0 Å². The van der Waals surface area contributed by atoms with Crippen LogP contribution in [-0.2, 0) is 31.1 Å². The lowest BCUT2D eigenvalue weighted by molar-refractivity contribution is -0.911. The van der Waals surface area contributed by atoms with Crippen LogP contribution in [0.1, 0.15) is 46.7 Å². The summed E-state index contributed by atoms with van der Waals surface area (Å²) in [6.45, 7) is 1.45. The number of aryl methyl sites for hydroxylation is 2. The minimum absolute atomic E-state index is 0.0283. The first-order valence-electron chi connectivity index (χ1n) is 11.9. The Hall–Kier alpha value is -1.96. The van der Waals surface area contributed by atoms with Crippen LogP contribution < -0.4 is 9.30 Å². The van der Waals surface area contributed by atoms with Crippen LogP contribution in [0.25, 0.3) is 0 Å². The summed E-state index contributed by atoms with van der Waals surface area (Å²) in [5.41, 5.74) is 5.55. The van der Waals surface area contributed by atoms with Gasteiger partial charge < -0.3 is 4.90 Å². The third-order valence-electron chi connectivity index (χ3n) is 7.41. The number of carbonyl (C=O) groups is 1. The van der Waals surface area contributed by atoms with E-state index in [4.69, 9.17) is 11.6 Å². The molecule has 1 amide bonds. The molecule has 2 aromatic heterocycles. The Balaban J connectivity index is 1.42. The van der Waals surface area contributed by atoms with E-state index < -0.39 is 0 Å². The van der Waals surface area contributed by atoms with Crippen LogP contribution in [0.2, 0.25) is 5.02 Å². The first-order chi connectivity index (χ1) is 16.8. The number of piperidine rings is 1. The lowest BCUT2D eigenvalue weighted by atomic mass is 9.76. The summed E-state index contributed by atoms with van der Waals surface area (Å²) in [5.74, 6) is 0.508. The summed E-state index contributed by atoms with van der Waals surface area (Å²) in [5, 5.41) is 11.7. The second kappa shape index (κ2) is 10.2. The molecule has 1 atom stereocenters. The summed E-state index contributed by atoms with van der Waals surface area (Å²) in [7, 11) is 1.97. The van der Waals surface area contributed by atoms with Crippen molar-refractivity contribution in [2.45, 2.75) is 38.0 Å². The number of nitrogens with zero attached hydrogens (tertiary/aromatic N) is 3. The number of aromatic nitrogens is 2. The zero-order valence-electron chi connectivity index (χ0n) is 19.6. The maximum Gasteiger partial charge on any atom is 0.245 e. The van der Waals surface area contributed by atoms with Crippen molar-refractivity contribution in [1.82, 2.24) is 4.90 Å². The first-order valence-corrected chi connectivity index (χ1v) is 13.9. The summed E-state index contributed by atoms with van der Waals surface area (Å²) in [6.07, 6.45) is 9.54. The molecule has 5 nitrogen and oxygen atoms in total. The van der Waals surface area contributed by atoms with Crippen molar-refractivity contribution in [3.8, 4) is 0 Å². The Kier molecular flexibility index (Phi) is 7.20. The maximum absolute atomic E-state index is 13.0. The van der Waals surface area contributed by atoms with Gasteiger partial charge in [-0.15, -0.1) is 0 Å². The number of hydrogen-bond donors (Lipinski definition) is 1. The van der Waals surface area contributed by atoms with E-state index in [0.29, 0.717) is 17.4 Å². The number of carbonyl (C=O) groups excluding carboxylic acids is 1. The zero-order valence-corrected chi connectivity index (χ0v) is 23.5. The van der Waals surface area contributed by atoms with E-state index in [0.717, 1.165) is 64.5 Å². The molecule has 3 heterocycles. The predicted octanol–water partition coefficient (Wildman–Crippen LogP) is 4.93. The van der Waals surface area contributed by atoms with Crippen molar-refractivity contribution >= 4 is 49.4 Å². The number of fused-ring (bicyclic) bond motifs is 2. The van der Waals surface area contributed by atoms with Gasteiger partial charge in [0.1, 0.15) is 7.05 Å². The molecule has 1 aliphatic carbocycles. The van der Waals surface area contributed by atoms with Gasteiger partial charge in [-0.2, -0.15) is 0 Å². The normalized spacial score (nSPS) is 18.1. The zero-order chi connectivity index (χ0) is 24.7. The van der Waals surface area contributed by atoms with E-state index in [9.17, 15) is 10.0 Å². The number of amides is 1. The highest BCUT2D eigenvalue weighted by Crippen LogP contribution is 2.45. The highest BCUT2D eigenvalue weighted by Gasteiger charge is 2.40. The van der Waals surface area contributed by atoms with Gasteiger partial charge in [0.2, 0.25) is 17.8 Å². The van der Waals surface area contributed by atoms with Gasteiger partial charge in [-0.1, -0.05) is 17.7 Å². The Labute approximate surface area is 227 Å². The number of benzene rings is 1. The Morgan fingerprint density at radius 1 is 1.14 bits per heavy atom. The topological polar surface area (TPSA) is 48.3 Å². The van der Waals surface area contributed by atoms with Crippen molar-refractivity contribution in [1.29, 1.82) is 0 Å². The molecule has 182 valence electrons. The fourth-order valence-electron chi connectivity index (χ4n) is 5.61. The highest BCUT2D eigenvalue weighted by molar-refractivity contribution is 9.10. The molecule has 3 aromatic rings. The van der Waals surface area contributed by atoms with Crippen molar-refractivity contribution < 1.29 is 19.3 Å². The molecule has 1 saturated heterocycles. The van der Waals surface area contributed by atoms with Crippen molar-refractivity contribution in [2.75, 3.05) is 13.1 Å². The average Bonchev–Trinajstić information content (AvgIpc) is 3.00. The largest absolute Gasteiger partial charge is 0.342 e. The van der Waals surface area contributed by atoms with Gasteiger partial charge in [-0.05, 0) is 92.3 Å². The molecule has 1 N–H and O–H groups in total. The third kappa shape index (κ3) is 5.00. The van der Waals surface area contributed by atoms with E-state index in [2.05, 4.69) is 44.0 Å². The molecule has 0 saturated carbocycles. The van der Waals surface area contributed by atoms with Crippen molar-refractivity contribution in [3.05, 3.63) is 90.8 Å². The van der Waals surface area contributed by atoms with Crippen LogP contribution >= 0.6 is 43.5 Å². The van der Waals surface area contributed by atoms with Gasteiger partial charge >= 0.3 is 0 Å². The van der Waals surface area contributed by atoms with Gasteiger partial charge in [-0.25, -0.2) is 4.57 Å². The van der Waals surface area contributed by atoms with Gasteiger partial charge in [0.05, 0.1) is 21.8 Å². The molecule has 35 heavy (non-hydrogen) atoms. The van der Waals surface area contributed by atoms with Crippen LogP contribution in [0.5, 0.6) is 0 Å². The molecular weight excluding hydrogens is 594 g/mol. The molecule has 1 aliphatic heterocycles. The summed E-state index contributed by atoms with van der Waals surface area (Å²) in [6, 6.07) is 10.2. The fraction of sp³-hybridized carbons (Fsp3) is 0.370. The van der Waals surface area contributed by atoms with E-state index in [1.807, 2.05) is 47.1 Å². The molecule has 0 radical (unpaired) electrons. The van der Waals surface area contributed by atoms with Crippen LogP contribution in [0.15, 0.2) is 57.9 Å². The SMILES string of the molecule is C[n+]1ccc(CC(=O)N2CCC([C@H]3c4ccc(Cl)c(Br)c4CCc4cc(Br)c[n+](O)c43)CC2)cc1. The van der Waals surface area contributed by atoms with Crippen LogP contribution in [0.4, 0.5) is 0 Å². The van der Waals surface area contributed by atoms with Gasteiger partial charge in [0.25, 0.3) is 0 Å². The minimum atomic E-state index is 0.0283. The second-order valence-electron chi connectivity index (χ2n) is 9.59. The molecular formula is C27H28Br2ClN3O2+2. The number of likely N-dealkylation sites (tertiary alicyclic amines) is 1. The average molecular weight is 622 g/mol. The van der Waals surface area contributed by atoms with Crippen LogP contribution in [-0.4, -0.2) is 29.1 Å².